The molecule has 3 heterocycles. The Bertz CT molecular complexity index is 3400. The Labute approximate surface area is 304 Å². The van der Waals surface area contributed by atoms with Crippen molar-refractivity contribution in [3.8, 4) is 17.1 Å². The summed E-state index contributed by atoms with van der Waals surface area (Å²) in [4.78, 5) is 0. The van der Waals surface area contributed by atoms with Crippen LogP contribution >= 0.6 is 0 Å². The first-order chi connectivity index (χ1) is 26.3. The van der Waals surface area contributed by atoms with Gasteiger partial charge in [-0.2, -0.15) is 0 Å². The number of benzene rings is 9. The van der Waals surface area contributed by atoms with Crippen molar-refractivity contribution in [1.82, 2.24) is 13.7 Å². The molecule has 0 amide bonds. The zero-order chi connectivity index (χ0) is 34.6. The second kappa shape index (κ2) is 10.7. The van der Waals surface area contributed by atoms with Crippen molar-refractivity contribution in [3.63, 3.8) is 0 Å². The van der Waals surface area contributed by atoms with Crippen LogP contribution in [0.1, 0.15) is 0 Å². The summed E-state index contributed by atoms with van der Waals surface area (Å²) in [6.07, 6.45) is 0. The van der Waals surface area contributed by atoms with E-state index >= 15 is 0 Å². The number of fused-ring (bicyclic) bond motifs is 13. The Balaban J connectivity index is 1.18. The SMILES string of the molecule is c1ccc(-n2c3cc(-n4c5ccccc5c5ccccc54)ccc3c3ccc(-n4c5ccccc5c5ccc6c7ccccc7ccc6c54)cc32)cc1. The van der Waals surface area contributed by atoms with Gasteiger partial charge in [0.2, 0.25) is 0 Å². The monoisotopic (exact) mass is 673 g/mol. The third kappa shape index (κ3) is 3.94. The molecule has 53 heavy (non-hydrogen) atoms. The van der Waals surface area contributed by atoms with E-state index in [-0.39, 0.29) is 0 Å². The van der Waals surface area contributed by atoms with Crippen molar-refractivity contribution >= 4 is 87.0 Å². The standard InChI is InChI=1S/C50H31N3/c1-2-13-33(14-3-1)51-48-30-34(52-45-19-9-6-16-38(45)39-17-7-10-20-46(39)52)23-26-41(48)42-27-24-35(31-49(42)51)53-47-21-11-8-18-40(47)44-29-28-37-36-15-5-4-12-32(36)22-25-43(37)50(44)53/h1-31H. The maximum atomic E-state index is 2.48. The highest BCUT2D eigenvalue weighted by Gasteiger charge is 2.20. The van der Waals surface area contributed by atoms with E-state index in [1.807, 2.05) is 0 Å². The molecule has 9 aromatic carbocycles. The topological polar surface area (TPSA) is 14.8 Å². The van der Waals surface area contributed by atoms with Crippen LogP contribution in [0, 0.1) is 0 Å². The second-order valence-electron chi connectivity index (χ2n) is 14.1. The largest absolute Gasteiger partial charge is 0.309 e. The van der Waals surface area contributed by atoms with E-state index in [0.29, 0.717) is 0 Å². The highest BCUT2D eigenvalue weighted by atomic mass is 15.0. The van der Waals surface area contributed by atoms with Gasteiger partial charge >= 0.3 is 0 Å². The highest BCUT2D eigenvalue weighted by Crippen LogP contribution is 2.41. The van der Waals surface area contributed by atoms with E-state index in [1.165, 1.54) is 87.0 Å². The molecule has 0 bridgehead atoms. The summed E-state index contributed by atoms with van der Waals surface area (Å²) in [5, 5.41) is 12.6. The first-order valence-corrected chi connectivity index (χ1v) is 18.3. The van der Waals surface area contributed by atoms with Gasteiger partial charge in [-0.05, 0) is 70.8 Å². The minimum absolute atomic E-state index is 1.14. The molecule has 3 nitrogen and oxygen atoms in total. The van der Waals surface area contributed by atoms with Gasteiger partial charge < -0.3 is 13.7 Å². The number of aromatic nitrogens is 3. The predicted octanol–water partition coefficient (Wildman–Crippen LogP) is 13.3. The van der Waals surface area contributed by atoms with Crippen LogP contribution in [0.15, 0.2) is 188 Å². The second-order valence-corrected chi connectivity index (χ2v) is 14.1. The highest BCUT2D eigenvalue weighted by molar-refractivity contribution is 6.23. The molecule has 0 aliphatic rings. The number of para-hydroxylation sites is 4. The molecule has 0 aliphatic carbocycles. The Morgan fingerprint density at radius 1 is 0.226 bits per heavy atom. The Morgan fingerprint density at radius 3 is 1.30 bits per heavy atom. The molecule has 12 aromatic rings. The Hall–Kier alpha value is -7.10. The molecule has 12 rings (SSSR count). The molecule has 0 aliphatic heterocycles. The van der Waals surface area contributed by atoms with Gasteiger partial charge in [-0.25, -0.2) is 0 Å². The molecule has 0 unspecified atom stereocenters. The third-order valence-corrected chi connectivity index (χ3v) is 11.4. The molecule has 0 fully saturated rings. The summed E-state index contributed by atoms with van der Waals surface area (Å²) in [6, 6.07) is 69.0. The zero-order valence-electron chi connectivity index (χ0n) is 28.7. The van der Waals surface area contributed by atoms with Crippen LogP contribution in [0.3, 0.4) is 0 Å². The molecule has 0 atom stereocenters. The van der Waals surface area contributed by atoms with Gasteiger partial charge in [-0.15, -0.1) is 0 Å². The van der Waals surface area contributed by atoms with Crippen molar-refractivity contribution < 1.29 is 0 Å². The summed E-state index contributed by atoms with van der Waals surface area (Å²) in [7, 11) is 0. The van der Waals surface area contributed by atoms with Gasteiger partial charge in [-0.3, -0.25) is 0 Å². The smallest absolute Gasteiger partial charge is 0.0619 e. The predicted molar refractivity (Wildman–Crippen MR) is 224 cm³/mol. The number of hydrogen-bond acceptors (Lipinski definition) is 0. The van der Waals surface area contributed by atoms with E-state index in [1.54, 1.807) is 0 Å². The van der Waals surface area contributed by atoms with Crippen LogP contribution < -0.4 is 0 Å². The maximum Gasteiger partial charge on any atom is 0.0619 e. The Morgan fingerprint density at radius 2 is 0.642 bits per heavy atom. The fourth-order valence-corrected chi connectivity index (χ4v) is 9.15. The van der Waals surface area contributed by atoms with Gasteiger partial charge in [0.15, 0.2) is 0 Å². The maximum absolute atomic E-state index is 2.48. The average Bonchev–Trinajstić information content (AvgIpc) is 3.86. The van der Waals surface area contributed by atoms with Crippen LogP contribution in [0.4, 0.5) is 0 Å². The summed E-state index contributed by atoms with van der Waals surface area (Å²) >= 11 is 0. The first-order valence-electron chi connectivity index (χ1n) is 18.3. The lowest BCUT2D eigenvalue weighted by molar-refractivity contribution is 1.15. The first kappa shape index (κ1) is 28.6. The lowest BCUT2D eigenvalue weighted by Gasteiger charge is -2.13. The van der Waals surface area contributed by atoms with Crippen molar-refractivity contribution in [3.05, 3.63) is 188 Å². The molecular weight excluding hydrogens is 643 g/mol. The van der Waals surface area contributed by atoms with Gasteiger partial charge in [0.1, 0.15) is 0 Å². The molecule has 0 saturated heterocycles. The van der Waals surface area contributed by atoms with Crippen LogP contribution in [0.5, 0.6) is 0 Å². The molecule has 246 valence electrons. The molecule has 0 spiro atoms. The van der Waals surface area contributed by atoms with E-state index < -0.39 is 0 Å². The zero-order valence-corrected chi connectivity index (χ0v) is 28.7. The molecule has 0 N–H and O–H groups in total. The van der Waals surface area contributed by atoms with Gasteiger partial charge in [-0.1, -0.05) is 133 Å². The summed E-state index contributed by atoms with van der Waals surface area (Å²) in [6.45, 7) is 0. The lowest BCUT2D eigenvalue weighted by Crippen LogP contribution is -1.98. The molecule has 3 aromatic heterocycles. The lowest BCUT2D eigenvalue weighted by atomic mass is 9.99. The minimum Gasteiger partial charge on any atom is -0.309 e. The van der Waals surface area contributed by atoms with Crippen LogP contribution in [0.2, 0.25) is 0 Å². The van der Waals surface area contributed by atoms with Gasteiger partial charge in [0, 0.05) is 54.8 Å². The van der Waals surface area contributed by atoms with E-state index in [0.717, 1.165) is 17.1 Å². The van der Waals surface area contributed by atoms with E-state index in [2.05, 4.69) is 202 Å². The minimum atomic E-state index is 1.14. The number of rotatable bonds is 3. The fourth-order valence-electron chi connectivity index (χ4n) is 9.15. The molecule has 0 saturated carbocycles. The quantitative estimate of drug-likeness (QED) is 0.166. The molecule has 0 radical (unpaired) electrons. The third-order valence-electron chi connectivity index (χ3n) is 11.4. The van der Waals surface area contributed by atoms with Crippen LogP contribution in [0.25, 0.3) is 104 Å². The van der Waals surface area contributed by atoms with Crippen molar-refractivity contribution in [2.24, 2.45) is 0 Å². The van der Waals surface area contributed by atoms with Crippen LogP contribution in [-0.2, 0) is 0 Å². The number of nitrogens with zero attached hydrogens (tertiary/aromatic N) is 3. The number of hydrogen-bond donors (Lipinski definition) is 0. The molecule has 3 heteroatoms. The normalized spacial score (nSPS) is 12.2. The van der Waals surface area contributed by atoms with Gasteiger partial charge in [0.05, 0.1) is 33.1 Å². The Kier molecular flexibility index (Phi) is 5.77. The molecular formula is C50H31N3. The van der Waals surface area contributed by atoms with Crippen molar-refractivity contribution in [1.29, 1.82) is 0 Å². The summed E-state index contributed by atoms with van der Waals surface area (Å²) < 4.78 is 7.35. The fraction of sp³-hybridized carbons (Fsp3) is 0. The van der Waals surface area contributed by atoms with Crippen molar-refractivity contribution in [2.45, 2.75) is 0 Å². The van der Waals surface area contributed by atoms with Gasteiger partial charge in [0.25, 0.3) is 0 Å². The van der Waals surface area contributed by atoms with Crippen molar-refractivity contribution in [2.75, 3.05) is 0 Å². The van der Waals surface area contributed by atoms with E-state index in [4.69, 9.17) is 0 Å². The summed E-state index contributed by atoms with van der Waals surface area (Å²) in [5.74, 6) is 0. The summed E-state index contributed by atoms with van der Waals surface area (Å²) in [5.41, 5.74) is 10.7. The average molecular weight is 674 g/mol. The van der Waals surface area contributed by atoms with E-state index in [9.17, 15) is 0 Å². The van der Waals surface area contributed by atoms with Crippen LogP contribution in [-0.4, -0.2) is 13.7 Å².